The van der Waals surface area contributed by atoms with Crippen LogP contribution in [0.4, 0.5) is 11.4 Å². The summed E-state index contributed by atoms with van der Waals surface area (Å²) >= 11 is 6.11. The molecule has 1 aliphatic heterocycles. The van der Waals surface area contributed by atoms with Gasteiger partial charge in [-0.1, -0.05) is 44.5 Å². The Morgan fingerprint density at radius 1 is 0.974 bits per heavy atom. The van der Waals surface area contributed by atoms with E-state index in [1.807, 2.05) is 51.1 Å². The number of carbonyl (C=O) groups is 2. The van der Waals surface area contributed by atoms with Crippen LogP contribution < -0.4 is 14.5 Å². The molecule has 1 saturated heterocycles. The van der Waals surface area contributed by atoms with Gasteiger partial charge in [0.25, 0.3) is 11.7 Å². The number of benzene rings is 3. The fourth-order valence-electron chi connectivity index (χ4n) is 5.07. The number of carbonyl (C=O) groups excluding carboxylic acids is 2. The Labute approximate surface area is 235 Å². The molecule has 204 valence electrons. The molecule has 4 rings (SSSR count). The van der Waals surface area contributed by atoms with Gasteiger partial charge in [0.05, 0.1) is 18.7 Å². The van der Waals surface area contributed by atoms with E-state index in [1.165, 1.54) is 4.90 Å². The summed E-state index contributed by atoms with van der Waals surface area (Å²) < 4.78 is 5.55. The molecule has 0 bridgehead atoms. The number of Topliss-reactive ketones (excluding diaryl/α,β-unsaturated/α-hetero) is 1. The Bertz CT molecular complexity index is 1400. The summed E-state index contributed by atoms with van der Waals surface area (Å²) in [6.07, 6.45) is 0. The molecule has 3 aromatic rings. The highest BCUT2D eigenvalue weighted by Crippen LogP contribution is 2.43. The maximum Gasteiger partial charge on any atom is 0.300 e. The highest BCUT2D eigenvalue weighted by molar-refractivity contribution is 6.51. The first-order valence-corrected chi connectivity index (χ1v) is 13.5. The summed E-state index contributed by atoms with van der Waals surface area (Å²) in [6, 6.07) is 19.0. The van der Waals surface area contributed by atoms with E-state index in [4.69, 9.17) is 16.3 Å². The molecule has 3 aromatic carbocycles. The lowest BCUT2D eigenvalue weighted by molar-refractivity contribution is -0.132. The van der Waals surface area contributed by atoms with E-state index in [0.29, 0.717) is 27.6 Å². The van der Waals surface area contributed by atoms with Crippen molar-refractivity contribution < 1.29 is 19.4 Å². The molecule has 1 atom stereocenters. The molecule has 1 fully saturated rings. The van der Waals surface area contributed by atoms with Crippen LogP contribution in [0.25, 0.3) is 5.76 Å². The first kappa shape index (κ1) is 28.2. The van der Waals surface area contributed by atoms with Crippen molar-refractivity contribution >= 4 is 40.4 Å². The van der Waals surface area contributed by atoms with Gasteiger partial charge in [-0.05, 0) is 79.4 Å². The Morgan fingerprint density at radius 2 is 1.59 bits per heavy atom. The zero-order valence-corrected chi connectivity index (χ0v) is 24.0. The minimum atomic E-state index is -0.822. The summed E-state index contributed by atoms with van der Waals surface area (Å²) in [6.45, 7) is 12.0. The quantitative estimate of drug-likeness (QED) is 0.194. The standard InChI is InChI=1S/C32H35ClN2O4/c1-7-34(8-2)23-14-9-20(10-15-23)28-27(30(37)31(38)35(28)24-16-12-22(33)13-17-24)29(36)21-11-18-26(39-6)25(19-21)32(3,4)5/h9-19,28,36H,7-8H2,1-6H3/b29-27-. The van der Waals surface area contributed by atoms with Gasteiger partial charge in [-0.2, -0.15) is 0 Å². The third-order valence-corrected chi connectivity index (χ3v) is 7.42. The first-order valence-electron chi connectivity index (χ1n) is 13.1. The van der Waals surface area contributed by atoms with E-state index in [9.17, 15) is 14.7 Å². The molecule has 1 unspecified atom stereocenters. The van der Waals surface area contributed by atoms with E-state index < -0.39 is 17.7 Å². The molecular weight excluding hydrogens is 512 g/mol. The van der Waals surface area contributed by atoms with Crippen molar-refractivity contribution in [2.24, 2.45) is 0 Å². The second kappa shape index (κ2) is 11.1. The van der Waals surface area contributed by atoms with Crippen LogP contribution in [0, 0.1) is 0 Å². The lowest BCUT2D eigenvalue weighted by Crippen LogP contribution is -2.29. The number of methoxy groups -OCH3 is 1. The van der Waals surface area contributed by atoms with Crippen molar-refractivity contribution in [1.82, 2.24) is 0 Å². The molecule has 0 spiro atoms. The van der Waals surface area contributed by atoms with Crippen LogP contribution in [0.3, 0.4) is 0 Å². The zero-order valence-electron chi connectivity index (χ0n) is 23.3. The van der Waals surface area contributed by atoms with Crippen LogP contribution in [-0.2, 0) is 15.0 Å². The molecule has 39 heavy (non-hydrogen) atoms. The van der Waals surface area contributed by atoms with Gasteiger partial charge in [0.1, 0.15) is 11.5 Å². The average Bonchev–Trinajstić information content (AvgIpc) is 3.19. The highest BCUT2D eigenvalue weighted by atomic mass is 35.5. The summed E-state index contributed by atoms with van der Waals surface area (Å²) in [7, 11) is 1.60. The monoisotopic (exact) mass is 546 g/mol. The number of halogens is 1. The predicted octanol–water partition coefficient (Wildman–Crippen LogP) is 7.12. The largest absolute Gasteiger partial charge is 0.507 e. The van der Waals surface area contributed by atoms with Crippen molar-refractivity contribution in [3.05, 3.63) is 94.0 Å². The third kappa shape index (κ3) is 5.39. The summed E-state index contributed by atoms with van der Waals surface area (Å²) in [4.78, 5) is 30.7. The number of anilines is 2. The van der Waals surface area contributed by atoms with Crippen LogP contribution >= 0.6 is 11.6 Å². The van der Waals surface area contributed by atoms with Gasteiger partial charge in [-0.3, -0.25) is 14.5 Å². The van der Waals surface area contributed by atoms with Crippen LogP contribution in [-0.4, -0.2) is 37.0 Å². The van der Waals surface area contributed by atoms with Gasteiger partial charge >= 0.3 is 0 Å². The van der Waals surface area contributed by atoms with E-state index >= 15 is 0 Å². The van der Waals surface area contributed by atoms with Crippen LogP contribution in [0.15, 0.2) is 72.3 Å². The zero-order chi connectivity index (χ0) is 28.5. The maximum atomic E-state index is 13.6. The van der Waals surface area contributed by atoms with Gasteiger partial charge in [0.2, 0.25) is 0 Å². The third-order valence-electron chi connectivity index (χ3n) is 7.17. The minimum absolute atomic E-state index is 0.0376. The van der Waals surface area contributed by atoms with Crippen LogP contribution in [0.1, 0.15) is 57.4 Å². The highest BCUT2D eigenvalue weighted by Gasteiger charge is 2.47. The lowest BCUT2D eigenvalue weighted by atomic mass is 9.84. The molecule has 1 heterocycles. The number of ketones is 1. The maximum absolute atomic E-state index is 13.6. The number of aliphatic hydroxyl groups excluding tert-OH is 1. The van der Waals surface area contributed by atoms with Crippen molar-refractivity contribution in [3.8, 4) is 5.75 Å². The molecule has 0 saturated carbocycles. The number of ether oxygens (including phenoxy) is 1. The fourth-order valence-corrected chi connectivity index (χ4v) is 5.19. The number of aliphatic hydroxyl groups is 1. The molecule has 1 amide bonds. The number of nitrogens with zero attached hydrogens (tertiary/aromatic N) is 2. The van der Waals surface area contributed by atoms with Gasteiger partial charge in [0, 0.05) is 40.6 Å². The molecule has 0 aromatic heterocycles. The van der Waals surface area contributed by atoms with Crippen molar-refractivity contribution in [2.45, 2.75) is 46.1 Å². The molecule has 0 aliphatic carbocycles. The van der Waals surface area contributed by atoms with E-state index in [0.717, 1.165) is 24.3 Å². The normalized spacial score (nSPS) is 17.0. The Balaban J connectivity index is 1.93. The smallest absolute Gasteiger partial charge is 0.300 e. The number of hydrogen-bond donors (Lipinski definition) is 1. The Morgan fingerprint density at radius 3 is 2.13 bits per heavy atom. The topological polar surface area (TPSA) is 70.1 Å². The lowest BCUT2D eigenvalue weighted by Gasteiger charge is -2.27. The summed E-state index contributed by atoms with van der Waals surface area (Å²) in [5, 5.41) is 12.1. The van der Waals surface area contributed by atoms with Gasteiger partial charge in [0.15, 0.2) is 0 Å². The first-order chi connectivity index (χ1) is 18.5. The van der Waals surface area contributed by atoms with E-state index in [2.05, 4.69) is 18.7 Å². The van der Waals surface area contributed by atoms with Crippen molar-refractivity contribution in [2.75, 3.05) is 30.0 Å². The predicted molar refractivity (Wildman–Crippen MR) is 158 cm³/mol. The molecule has 0 radical (unpaired) electrons. The van der Waals surface area contributed by atoms with E-state index in [-0.39, 0.29) is 16.7 Å². The van der Waals surface area contributed by atoms with Crippen LogP contribution in [0.5, 0.6) is 5.75 Å². The molecule has 1 aliphatic rings. The van der Waals surface area contributed by atoms with Gasteiger partial charge < -0.3 is 14.7 Å². The SMILES string of the molecule is CCN(CC)c1ccc(C2/C(=C(/O)c3ccc(OC)c(C(C)(C)C)c3)C(=O)C(=O)N2c2ccc(Cl)cc2)cc1. The molecule has 7 heteroatoms. The fraction of sp³-hybridized carbons (Fsp3) is 0.312. The Hall–Kier alpha value is -3.77. The molecular formula is C32H35ClN2O4. The molecule has 6 nitrogen and oxygen atoms in total. The number of hydrogen-bond acceptors (Lipinski definition) is 5. The van der Waals surface area contributed by atoms with Crippen molar-refractivity contribution in [3.63, 3.8) is 0 Å². The Kier molecular flexibility index (Phi) is 8.07. The van der Waals surface area contributed by atoms with Gasteiger partial charge in [-0.25, -0.2) is 0 Å². The number of amides is 1. The second-order valence-electron chi connectivity index (χ2n) is 10.6. The van der Waals surface area contributed by atoms with Crippen LogP contribution in [0.2, 0.25) is 5.02 Å². The van der Waals surface area contributed by atoms with E-state index in [1.54, 1.807) is 43.5 Å². The van der Waals surface area contributed by atoms with Crippen molar-refractivity contribution in [1.29, 1.82) is 0 Å². The van der Waals surface area contributed by atoms with Gasteiger partial charge in [-0.15, -0.1) is 0 Å². The molecule has 1 N–H and O–H groups in total. The summed E-state index contributed by atoms with van der Waals surface area (Å²) in [5.41, 5.74) is 3.35. The number of rotatable bonds is 7. The second-order valence-corrected chi connectivity index (χ2v) is 11.0. The average molecular weight is 547 g/mol. The summed E-state index contributed by atoms with van der Waals surface area (Å²) in [5.74, 6) is -0.991. The minimum Gasteiger partial charge on any atom is -0.507 e.